The first kappa shape index (κ1) is 12.8. The average molecular weight is 277 g/mol. The van der Waals surface area contributed by atoms with Crippen LogP contribution in [-0.2, 0) is 10.0 Å². The standard InChI is InChI=1S/C10H15NO4S2/c12-16(13)8-6-11(7-9-16)17(14,15)10-4-2-1-3-5-10/h1-5,12-13H,6-9H2. The maximum Gasteiger partial charge on any atom is 0.243 e. The number of benzene rings is 1. The minimum atomic E-state index is -3.49. The van der Waals surface area contributed by atoms with E-state index < -0.39 is 20.6 Å². The summed E-state index contributed by atoms with van der Waals surface area (Å²) in [6, 6.07) is 8.19. The maximum absolute atomic E-state index is 12.2. The van der Waals surface area contributed by atoms with E-state index in [9.17, 15) is 17.5 Å². The van der Waals surface area contributed by atoms with Crippen molar-refractivity contribution in [3.63, 3.8) is 0 Å². The van der Waals surface area contributed by atoms with Crippen LogP contribution in [0.1, 0.15) is 0 Å². The van der Waals surface area contributed by atoms with Gasteiger partial charge in [0, 0.05) is 13.1 Å². The molecular weight excluding hydrogens is 262 g/mol. The van der Waals surface area contributed by atoms with Crippen molar-refractivity contribution in [2.45, 2.75) is 4.90 Å². The van der Waals surface area contributed by atoms with Crippen LogP contribution >= 0.6 is 10.6 Å². The van der Waals surface area contributed by atoms with Gasteiger partial charge in [0.1, 0.15) is 0 Å². The van der Waals surface area contributed by atoms with Gasteiger partial charge >= 0.3 is 0 Å². The largest absolute Gasteiger partial charge is 0.299 e. The monoisotopic (exact) mass is 277 g/mol. The molecule has 2 N–H and O–H groups in total. The van der Waals surface area contributed by atoms with E-state index in [1.165, 1.54) is 4.31 Å². The van der Waals surface area contributed by atoms with Crippen molar-refractivity contribution in [1.82, 2.24) is 4.31 Å². The van der Waals surface area contributed by atoms with Gasteiger partial charge in [-0.05, 0) is 12.1 Å². The van der Waals surface area contributed by atoms with Crippen molar-refractivity contribution in [3.05, 3.63) is 30.3 Å². The molecule has 17 heavy (non-hydrogen) atoms. The van der Waals surface area contributed by atoms with Crippen molar-refractivity contribution >= 4 is 20.6 Å². The van der Waals surface area contributed by atoms with Crippen LogP contribution in [-0.4, -0.2) is 46.4 Å². The molecule has 0 aliphatic carbocycles. The van der Waals surface area contributed by atoms with Crippen LogP contribution in [0.25, 0.3) is 0 Å². The topological polar surface area (TPSA) is 77.8 Å². The Morgan fingerprint density at radius 3 is 2.12 bits per heavy atom. The summed E-state index contributed by atoms with van der Waals surface area (Å²) in [5.41, 5.74) is 0. The van der Waals surface area contributed by atoms with Crippen molar-refractivity contribution in [3.8, 4) is 0 Å². The number of rotatable bonds is 2. The van der Waals surface area contributed by atoms with Gasteiger partial charge in [-0.15, -0.1) is 0 Å². The zero-order valence-corrected chi connectivity index (χ0v) is 10.8. The lowest BCUT2D eigenvalue weighted by Gasteiger charge is -2.40. The maximum atomic E-state index is 12.2. The van der Waals surface area contributed by atoms with E-state index in [1.807, 2.05) is 0 Å². The third-order valence-electron chi connectivity index (χ3n) is 2.72. The molecule has 0 radical (unpaired) electrons. The Morgan fingerprint density at radius 2 is 1.59 bits per heavy atom. The molecule has 1 fully saturated rings. The predicted octanol–water partition coefficient (Wildman–Crippen LogP) is 1.44. The Balaban J connectivity index is 2.19. The minimum Gasteiger partial charge on any atom is -0.299 e. The molecule has 7 heteroatoms. The molecule has 1 aliphatic heterocycles. The van der Waals surface area contributed by atoms with Crippen molar-refractivity contribution in [2.24, 2.45) is 0 Å². The highest BCUT2D eigenvalue weighted by Gasteiger charge is 2.30. The Labute approximate surface area is 102 Å². The van der Waals surface area contributed by atoms with Crippen molar-refractivity contribution in [1.29, 1.82) is 0 Å². The minimum absolute atomic E-state index is 0.124. The smallest absolute Gasteiger partial charge is 0.243 e. The third-order valence-corrected chi connectivity index (χ3v) is 6.30. The van der Waals surface area contributed by atoms with Crippen LogP contribution in [0.3, 0.4) is 0 Å². The number of hydrogen-bond acceptors (Lipinski definition) is 4. The molecule has 0 amide bonds. The van der Waals surface area contributed by atoms with Gasteiger partial charge in [-0.2, -0.15) is 14.9 Å². The molecule has 96 valence electrons. The molecule has 1 aromatic rings. The van der Waals surface area contributed by atoms with Gasteiger partial charge in [-0.25, -0.2) is 8.42 Å². The lowest BCUT2D eigenvalue weighted by molar-refractivity contribution is 0.402. The van der Waals surface area contributed by atoms with E-state index in [4.69, 9.17) is 0 Å². The van der Waals surface area contributed by atoms with E-state index in [0.29, 0.717) is 0 Å². The van der Waals surface area contributed by atoms with Gasteiger partial charge in [0.2, 0.25) is 10.0 Å². The molecule has 0 bridgehead atoms. The summed E-state index contributed by atoms with van der Waals surface area (Å²) in [5.74, 6) is 0.248. The summed E-state index contributed by atoms with van der Waals surface area (Å²) in [7, 11) is -6.05. The fourth-order valence-electron chi connectivity index (χ4n) is 1.69. The number of sulfonamides is 1. The van der Waals surface area contributed by atoms with Crippen LogP contribution in [0.2, 0.25) is 0 Å². The molecule has 2 rings (SSSR count). The fourth-order valence-corrected chi connectivity index (χ4v) is 4.62. The first-order chi connectivity index (χ1) is 7.92. The normalized spacial score (nSPS) is 23.2. The summed E-state index contributed by atoms with van der Waals surface area (Å²) < 4.78 is 44.5. The molecule has 1 saturated heterocycles. The van der Waals surface area contributed by atoms with E-state index in [-0.39, 0.29) is 29.5 Å². The summed E-state index contributed by atoms with van der Waals surface area (Å²) in [5, 5.41) is 0. The summed E-state index contributed by atoms with van der Waals surface area (Å²) in [6.45, 7) is 0.332. The van der Waals surface area contributed by atoms with Gasteiger partial charge in [-0.3, -0.25) is 9.11 Å². The molecular formula is C10H15NO4S2. The molecule has 1 aromatic carbocycles. The Morgan fingerprint density at radius 1 is 1.06 bits per heavy atom. The first-order valence-corrected chi connectivity index (χ1v) is 8.53. The van der Waals surface area contributed by atoms with Gasteiger partial charge in [0.25, 0.3) is 0 Å². The lowest BCUT2D eigenvalue weighted by Crippen LogP contribution is -2.42. The zero-order chi connectivity index (χ0) is 12.5. The molecule has 0 saturated carbocycles. The van der Waals surface area contributed by atoms with Crippen LogP contribution < -0.4 is 0 Å². The fraction of sp³-hybridized carbons (Fsp3) is 0.400. The van der Waals surface area contributed by atoms with Crippen molar-refractivity contribution in [2.75, 3.05) is 24.6 Å². The van der Waals surface area contributed by atoms with Gasteiger partial charge in [0.15, 0.2) is 0 Å². The highest BCUT2D eigenvalue weighted by atomic mass is 32.3. The molecule has 0 atom stereocenters. The quantitative estimate of drug-likeness (QED) is 0.857. The molecule has 1 heterocycles. The van der Waals surface area contributed by atoms with E-state index >= 15 is 0 Å². The Bertz CT molecular complexity index is 476. The van der Waals surface area contributed by atoms with E-state index in [1.54, 1.807) is 30.3 Å². The molecule has 5 nitrogen and oxygen atoms in total. The highest BCUT2D eigenvalue weighted by Crippen LogP contribution is 2.41. The molecule has 0 aromatic heterocycles. The Kier molecular flexibility index (Phi) is 3.46. The first-order valence-electron chi connectivity index (χ1n) is 5.21. The molecule has 1 aliphatic rings. The number of nitrogens with zero attached hydrogens (tertiary/aromatic N) is 1. The van der Waals surface area contributed by atoms with Crippen LogP contribution in [0.4, 0.5) is 0 Å². The van der Waals surface area contributed by atoms with Gasteiger partial charge in [-0.1, -0.05) is 18.2 Å². The second kappa shape index (κ2) is 4.58. The SMILES string of the molecule is O=S(=O)(c1ccccc1)N1CCS(O)(O)CC1. The van der Waals surface area contributed by atoms with Crippen molar-refractivity contribution < 1.29 is 17.5 Å². The van der Waals surface area contributed by atoms with Gasteiger partial charge in [0.05, 0.1) is 16.4 Å². The summed E-state index contributed by atoms with van der Waals surface area (Å²) in [4.78, 5) is 0.248. The third kappa shape index (κ3) is 2.80. The summed E-state index contributed by atoms with van der Waals surface area (Å²) in [6.07, 6.45) is 0. The Hall–Kier alpha value is -0.600. The highest BCUT2D eigenvalue weighted by molar-refractivity contribution is 8.24. The zero-order valence-electron chi connectivity index (χ0n) is 9.19. The predicted molar refractivity (Wildman–Crippen MR) is 67.8 cm³/mol. The van der Waals surface area contributed by atoms with E-state index in [0.717, 1.165) is 0 Å². The second-order valence-corrected chi connectivity index (χ2v) is 8.29. The second-order valence-electron chi connectivity index (χ2n) is 3.93. The molecule has 0 unspecified atom stereocenters. The van der Waals surface area contributed by atoms with Crippen LogP contribution in [0.15, 0.2) is 35.2 Å². The van der Waals surface area contributed by atoms with Gasteiger partial charge < -0.3 is 0 Å². The lowest BCUT2D eigenvalue weighted by atomic mass is 10.4. The average Bonchev–Trinajstić information content (AvgIpc) is 2.29. The molecule has 0 spiro atoms. The van der Waals surface area contributed by atoms with E-state index in [2.05, 4.69) is 0 Å². The summed E-state index contributed by atoms with van der Waals surface area (Å²) >= 11 is 0. The van der Waals surface area contributed by atoms with Crippen LogP contribution in [0.5, 0.6) is 0 Å². The van der Waals surface area contributed by atoms with Crippen LogP contribution in [0, 0.1) is 0 Å². The number of hydrogen-bond donors (Lipinski definition) is 2.